The molecule has 0 aliphatic carbocycles. The topological polar surface area (TPSA) is 75.2 Å². The molecule has 21 heavy (non-hydrogen) atoms. The van der Waals surface area contributed by atoms with Gasteiger partial charge in [-0.2, -0.15) is 4.98 Å². The predicted octanol–water partition coefficient (Wildman–Crippen LogP) is 2.79. The van der Waals surface area contributed by atoms with Crippen molar-refractivity contribution >= 4 is 0 Å². The van der Waals surface area contributed by atoms with Crippen LogP contribution in [0.3, 0.4) is 0 Å². The minimum atomic E-state index is -0.370. The third-order valence-electron chi connectivity index (χ3n) is 3.35. The molecular weight excluding hydrogens is 268 g/mol. The van der Waals surface area contributed by atoms with Crippen LogP contribution in [-0.4, -0.2) is 22.2 Å². The summed E-state index contributed by atoms with van der Waals surface area (Å²) in [5.74, 6) is 0.191. The van der Waals surface area contributed by atoms with Crippen LogP contribution in [0.15, 0.2) is 29.1 Å². The minimum absolute atomic E-state index is 0.127. The SMILES string of the molecule is COC(c1nc(O)c(-c2cccc(C)c2)c(=O)[nH]1)C(C)C. The maximum Gasteiger partial charge on any atom is 0.262 e. The van der Waals surface area contributed by atoms with Crippen LogP contribution in [-0.2, 0) is 4.74 Å². The number of hydrogen-bond acceptors (Lipinski definition) is 4. The van der Waals surface area contributed by atoms with Crippen molar-refractivity contribution in [1.82, 2.24) is 9.97 Å². The molecule has 1 unspecified atom stereocenters. The summed E-state index contributed by atoms with van der Waals surface area (Å²) in [5, 5.41) is 10.2. The van der Waals surface area contributed by atoms with Crippen LogP contribution in [0.25, 0.3) is 11.1 Å². The van der Waals surface area contributed by atoms with E-state index in [9.17, 15) is 9.90 Å². The highest BCUT2D eigenvalue weighted by Gasteiger charge is 2.21. The summed E-state index contributed by atoms with van der Waals surface area (Å²) in [4.78, 5) is 19.1. The Morgan fingerprint density at radius 1 is 1.33 bits per heavy atom. The van der Waals surface area contributed by atoms with Gasteiger partial charge in [0.2, 0.25) is 5.88 Å². The molecule has 5 heteroatoms. The van der Waals surface area contributed by atoms with Crippen LogP contribution in [0.5, 0.6) is 5.88 Å². The van der Waals surface area contributed by atoms with Gasteiger partial charge in [-0.25, -0.2) is 0 Å². The summed E-state index contributed by atoms with van der Waals surface area (Å²) in [6, 6.07) is 7.37. The van der Waals surface area contributed by atoms with E-state index in [1.165, 1.54) is 0 Å². The molecule has 0 spiro atoms. The van der Waals surface area contributed by atoms with Crippen molar-refractivity contribution in [2.45, 2.75) is 26.9 Å². The number of benzene rings is 1. The number of hydrogen-bond donors (Lipinski definition) is 2. The molecule has 0 fully saturated rings. The molecule has 1 aromatic carbocycles. The van der Waals surface area contributed by atoms with Crippen molar-refractivity contribution in [3.63, 3.8) is 0 Å². The number of aryl methyl sites for hydroxylation is 1. The van der Waals surface area contributed by atoms with Gasteiger partial charge < -0.3 is 14.8 Å². The third-order valence-corrected chi connectivity index (χ3v) is 3.35. The zero-order valence-electron chi connectivity index (χ0n) is 12.7. The fourth-order valence-corrected chi connectivity index (χ4v) is 2.37. The first-order chi connectivity index (χ1) is 9.93. The summed E-state index contributed by atoms with van der Waals surface area (Å²) in [6.45, 7) is 5.84. The molecule has 2 N–H and O–H groups in total. The first-order valence-electron chi connectivity index (χ1n) is 6.87. The van der Waals surface area contributed by atoms with E-state index in [2.05, 4.69) is 9.97 Å². The summed E-state index contributed by atoms with van der Waals surface area (Å²) >= 11 is 0. The molecular formula is C16H20N2O3. The quantitative estimate of drug-likeness (QED) is 0.907. The molecule has 1 heterocycles. The molecule has 0 aliphatic rings. The second-order valence-electron chi connectivity index (χ2n) is 5.42. The number of aromatic nitrogens is 2. The Labute approximate surface area is 123 Å². The van der Waals surface area contributed by atoms with Crippen molar-refractivity contribution in [3.8, 4) is 17.0 Å². The molecule has 0 bridgehead atoms. The molecule has 5 nitrogen and oxygen atoms in total. The molecule has 0 saturated carbocycles. The second-order valence-corrected chi connectivity index (χ2v) is 5.42. The standard InChI is InChI=1S/C16H20N2O3/c1-9(2)13(21-4)14-17-15(19)12(16(20)18-14)11-7-5-6-10(3)8-11/h5-9,13H,1-4H3,(H2,17,18,19,20). The Kier molecular flexibility index (Phi) is 4.43. The monoisotopic (exact) mass is 288 g/mol. The van der Waals surface area contributed by atoms with E-state index in [4.69, 9.17) is 4.74 Å². The highest BCUT2D eigenvalue weighted by molar-refractivity contribution is 5.67. The zero-order valence-corrected chi connectivity index (χ0v) is 12.7. The lowest BCUT2D eigenvalue weighted by Gasteiger charge is -2.18. The number of H-pyrrole nitrogens is 1. The molecule has 112 valence electrons. The lowest BCUT2D eigenvalue weighted by Crippen LogP contribution is -2.20. The highest BCUT2D eigenvalue weighted by atomic mass is 16.5. The predicted molar refractivity (Wildman–Crippen MR) is 81.3 cm³/mol. The number of ether oxygens (including phenoxy) is 1. The van der Waals surface area contributed by atoms with Gasteiger partial charge in [-0.05, 0) is 18.4 Å². The van der Waals surface area contributed by atoms with Crippen molar-refractivity contribution < 1.29 is 9.84 Å². The number of rotatable bonds is 4. The van der Waals surface area contributed by atoms with Gasteiger partial charge in [0.1, 0.15) is 17.5 Å². The molecule has 0 aliphatic heterocycles. The number of nitrogens with zero attached hydrogens (tertiary/aromatic N) is 1. The Morgan fingerprint density at radius 3 is 2.57 bits per heavy atom. The van der Waals surface area contributed by atoms with Gasteiger partial charge in [0, 0.05) is 7.11 Å². The summed E-state index contributed by atoms with van der Waals surface area (Å²) in [7, 11) is 1.55. The van der Waals surface area contributed by atoms with Gasteiger partial charge in [-0.1, -0.05) is 43.7 Å². The Hall–Kier alpha value is -2.14. The van der Waals surface area contributed by atoms with Crippen molar-refractivity contribution in [3.05, 3.63) is 46.0 Å². The van der Waals surface area contributed by atoms with Crippen molar-refractivity contribution in [2.75, 3.05) is 7.11 Å². The fraction of sp³-hybridized carbons (Fsp3) is 0.375. The van der Waals surface area contributed by atoms with E-state index >= 15 is 0 Å². The molecule has 0 radical (unpaired) electrons. The Balaban J connectivity index is 2.55. The van der Waals surface area contributed by atoms with E-state index in [0.29, 0.717) is 11.4 Å². The highest BCUT2D eigenvalue weighted by Crippen LogP contribution is 2.27. The van der Waals surface area contributed by atoms with Gasteiger partial charge in [-0.15, -0.1) is 0 Å². The summed E-state index contributed by atoms with van der Waals surface area (Å²) in [6.07, 6.45) is -0.366. The van der Waals surface area contributed by atoms with Gasteiger partial charge >= 0.3 is 0 Å². The molecule has 0 amide bonds. The molecule has 1 atom stereocenters. The maximum atomic E-state index is 12.3. The number of aromatic amines is 1. The molecule has 2 rings (SSSR count). The molecule has 0 saturated heterocycles. The average molecular weight is 288 g/mol. The van der Waals surface area contributed by atoms with Crippen molar-refractivity contribution in [1.29, 1.82) is 0 Å². The van der Waals surface area contributed by atoms with Crippen LogP contribution < -0.4 is 5.56 Å². The van der Waals surface area contributed by atoms with Crippen LogP contribution >= 0.6 is 0 Å². The van der Waals surface area contributed by atoms with Crippen LogP contribution in [0, 0.1) is 12.8 Å². The molecule has 2 aromatic rings. The minimum Gasteiger partial charge on any atom is -0.493 e. The fourth-order valence-electron chi connectivity index (χ4n) is 2.37. The lowest BCUT2D eigenvalue weighted by atomic mass is 10.0. The van der Waals surface area contributed by atoms with E-state index in [1.807, 2.05) is 39.0 Å². The Bertz CT molecular complexity index is 692. The van der Waals surface area contributed by atoms with Gasteiger partial charge in [0.15, 0.2) is 0 Å². The third kappa shape index (κ3) is 3.13. The first-order valence-corrected chi connectivity index (χ1v) is 6.87. The van der Waals surface area contributed by atoms with Crippen LogP contribution in [0.2, 0.25) is 0 Å². The van der Waals surface area contributed by atoms with Crippen LogP contribution in [0.4, 0.5) is 0 Å². The molecule has 1 aromatic heterocycles. The summed E-state index contributed by atoms with van der Waals surface area (Å²) in [5.41, 5.74) is 1.46. The van der Waals surface area contributed by atoms with Gasteiger partial charge in [0.05, 0.1) is 0 Å². The largest absolute Gasteiger partial charge is 0.493 e. The van der Waals surface area contributed by atoms with Crippen LogP contribution in [0.1, 0.15) is 31.3 Å². The smallest absolute Gasteiger partial charge is 0.262 e. The Morgan fingerprint density at radius 2 is 2.05 bits per heavy atom. The van der Waals surface area contributed by atoms with E-state index < -0.39 is 0 Å². The van der Waals surface area contributed by atoms with Gasteiger partial charge in [-0.3, -0.25) is 4.79 Å². The van der Waals surface area contributed by atoms with E-state index in [-0.39, 0.29) is 29.0 Å². The van der Waals surface area contributed by atoms with E-state index in [0.717, 1.165) is 5.56 Å². The second kappa shape index (κ2) is 6.10. The lowest BCUT2D eigenvalue weighted by molar-refractivity contribution is 0.0568. The van der Waals surface area contributed by atoms with Gasteiger partial charge in [0.25, 0.3) is 5.56 Å². The number of aromatic hydroxyl groups is 1. The normalized spacial score (nSPS) is 12.6. The number of methoxy groups -OCH3 is 1. The van der Waals surface area contributed by atoms with E-state index in [1.54, 1.807) is 13.2 Å². The first kappa shape index (κ1) is 15.3. The average Bonchev–Trinajstić information content (AvgIpc) is 2.38. The zero-order chi connectivity index (χ0) is 15.6. The summed E-state index contributed by atoms with van der Waals surface area (Å²) < 4.78 is 5.33. The maximum absolute atomic E-state index is 12.3. The van der Waals surface area contributed by atoms with Crippen molar-refractivity contribution in [2.24, 2.45) is 5.92 Å². The number of nitrogens with one attached hydrogen (secondary N) is 1.